The van der Waals surface area contributed by atoms with E-state index in [2.05, 4.69) is 24.8 Å². The van der Waals surface area contributed by atoms with E-state index in [0.717, 1.165) is 39.1 Å². The van der Waals surface area contributed by atoms with Gasteiger partial charge in [-0.15, -0.1) is 0 Å². The standard InChI is InChI=1S/C15H25NO3/c1-11-7-12(2)9-13(8-11)14(10-15(17)18)16-3-5-19-6-4-16/h7,11,13-14H,3-6,8-10H2,1-2H3,(H,17,18). The molecule has 0 amide bonds. The quantitative estimate of drug-likeness (QED) is 0.793. The zero-order chi connectivity index (χ0) is 13.8. The van der Waals surface area contributed by atoms with E-state index in [1.54, 1.807) is 0 Å². The Hall–Kier alpha value is -0.870. The first kappa shape index (κ1) is 14.5. The van der Waals surface area contributed by atoms with Crippen molar-refractivity contribution in [2.24, 2.45) is 11.8 Å². The predicted molar refractivity (Wildman–Crippen MR) is 74.1 cm³/mol. The first-order chi connectivity index (χ1) is 9.06. The Bertz CT molecular complexity index is 347. The molecule has 0 spiro atoms. The summed E-state index contributed by atoms with van der Waals surface area (Å²) in [4.78, 5) is 13.5. The number of aliphatic carboxylic acids is 1. The number of hydrogen-bond donors (Lipinski definition) is 1. The zero-order valence-corrected chi connectivity index (χ0v) is 12.0. The molecule has 2 rings (SSSR count). The molecule has 4 heteroatoms. The van der Waals surface area contributed by atoms with E-state index in [0.29, 0.717) is 11.8 Å². The summed E-state index contributed by atoms with van der Waals surface area (Å²) in [5.74, 6) is 0.349. The monoisotopic (exact) mass is 267 g/mol. The van der Waals surface area contributed by atoms with Crippen LogP contribution in [0.25, 0.3) is 0 Å². The Labute approximate surface area is 115 Å². The van der Waals surface area contributed by atoms with Crippen molar-refractivity contribution in [3.63, 3.8) is 0 Å². The van der Waals surface area contributed by atoms with E-state index in [9.17, 15) is 9.90 Å². The van der Waals surface area contributed by atoms with E-state index in [1.165, 1.54) is 5.57 Å². The number of nitrogens with zero attached hydrogens (tertiary/aromatic N) is 1. The van der Waals surface area contributed by atoms with Crippen LogP contribution < -0.4 is 0 Å². The third-order valence-electron chi connectivity index (χ3n) is 4.27. The van der Waals surface area contributed by atoms with E-state index in [4.69, 9.17) is 4.74 Å². The van der Waals surface area contributed by atoms with Gasteiger partial charge in [0.25, 0.3) is 0 Å². The first-order valence-electron chi connectivity index (χ1n) is 7.27. The summed E-state index contributed by atoms with van der Waals surface area (Å²) in [5.41, 5.74) is 1.41. The van der Waals surface area contributed by atoms with Gasteiger partial charge >= 0.3 is 5.97 Å². The lowest BCUT2D eigenvalue weighted by Gasteiger charge is -2.40. The number of allylic oxidation sites excluding steroid dienone is 2. The molecule has 2 aliphatic rings. The number of hydrogen-bond acceptors (Lipinski definition) is 3. The summed E-state index contributed by atoms with van der Waals surface area (Å²) in [7, 11) is 0. The molecule has 1 heterocycles. The molecule has 1 aliphatic heterocycles. The summed E-state index contributed by atoms with van der Waals surface area (Å²) in [6.45, 7) is 7.59. The lowest BCUT2D eigenvalue weighted by atomic mass is 9.78. The number of rotatable bonds is 4. The van der Waals surface area contributed by atoms with Gasteiger partial charge in [-0.25, -0.2) is 0 Å². The maximum atomic E-state index is 11.2. The number of carboxylic acids is 1. The van der Waals surface area contributed by atoms with Gasteiger partial charge in [0.15, 0.2) is 0 Å². The molecule has 0 aromatic rings. The van der Waals surface area contributed by atoms with Crippen molar-refractivity contribution >= 4 is 5.97 Å². The minimum Gasteiger partial charge on any atom is -0.481 e. The number of ether oxygens (including phenoxy) is 1. The lowest BCUT2D eigenvalue weighted by Crippen LogP contribution is -2.48. The van der Waals surface area contributed by atoms with Gasteiger partial charge < -0.3 is 9.84 Å². The van der Waals surface area contributed by atoms with Crippen molar-refractivity contribution in [1.29, 1.82) is 0 Å². The Morgan fingerprint density at radius 1 is 1.53 bits per heavy atom. The van der Waals surface area contributed by atoms with Crippen molar-refractivity contribution in [3.8, 4) is 0 Å². The second-order valence-electron chi connectivity index (χ2n) is 6.00. The van der Waals surface area contributed by atoms with Gasteiger partial charge in [-0.1, -0.05) is 18.6 Å². The fourth-order valence-corrected chi connectivity index (χ4v) is 3.57. The Balaban J connectivity index is 2.08. The van der Waals surface area contributed by atoms with Gasteiger partial charge in [0.1, 0.15) is 0 Å². The number of morpholine rings is 1. The maximum Gasteiger partial charge on any atom is 0.304 e. The van der Waals surface area contributed by atoms with Crippen LogP contribution in [0, 0.1) is 11.8 Å². The number of carbonyl (C=O) groups is 1. The highest BCUT2D eigenvalue weighted by molar-refractivity contribution is 5.67. The molecule has 1 aliphatic carbocycles. The molecule has 4 nitrogen and oxygen atoms in total. The van der Waals surface area contributed by atoms with Gasteiger partial charge in [-0.05, 0) is 31.6 Å². The van der Waals surface area contributed by atoms with Crippen molar-refractivity contribution in [2.75, 3.05) is 26.3 Å². The van der Waals surface area contributed by atoms with Crippen molar-refractivity contribution in [1.82, 2.24) is 4.90 Å². The second kappa shape index (κ2) is 6.53. The van der Waals surface area contributed by atoms with Crippen LogP contribution in [0.5, 0.6) is 0 Å². The largest absolute Gasteiger partial charge is 0.481 e. The normalized spacial score (nSPS) is 30.7. The molecule has 19 heavy (non-hydrogen) atoms. The lowest BCUT2D eigenvalue weighted by molar-refractivity contribution is -0.139. The fraction of sp³-hybridized carbons (Fsp3) is 0.800. The highest BCUT2D eigenvalue weighted by atomic mass is 16.5. The molecular formula is C15H25NO3. The molecule has 3 atom stereocenters. The molecule has 0 radical (unpaired) electrons. The Morgan fingerprint density at radius 2 is 2.21 bits per heavy atom. The highest BCUT2D eigenvalue weighted by Crippen LogP contribution is 2.33. The van der Waals surface area contributed by atoms with Crippen LogP contribution >= 0.6 is 0 Å². The van der Waals surface area contributed by atoms with Crippen molar-refractivity contribution in [3.05, 3.63) is 11.6 Å². The van der Waals surface area contributed by atoms with Gasteiger partial charge in [0, 0.05) is 19.1 Å². The summed E-state index contributed by atoms with van der Waals surface area (Å²) < 4.78 is 5.38. The molecule has 0 bridgehead atoms. The Kier molecular flexibility index (Phi) is 4.99. The average Bonchev–Trinajstić information content (AvgIpc) is 2.35. The molecule has 1 fully saturated rings. The molecule has 1 N–H and O–H groups in total. The van der Waals surface area contributed by atoms with Crippen molar-refractivity contribution < 1.29 is 14.6 Å². The number of carboxylic acid groups (broad SMARTS) is 1. The van der Waals surface area contributed by atoms with Gasteiger partial charge in [0.05, 0.1) is 19.6 Å². The van der Waals surface area contributed by atoms with Crippen LogP contribution in [0.15, 0.2) is 11.6 Å². The van der Waals surface area contributed by atoms with Crippen LogP contribution in [0.2, 0.25) is 0 Å². The Morgan fingerprint density at radius 3 is 2.79 bits per heavy atom. The fourth-order valence-electron chi connectivity index (χ4n) is 3.57. The first-order valence-corrected chi connectivity index (χ1v) is 7.27. The average molecular weight is 267 g/mol. The van der Waals surface area contributed by atoms with Gasteiger partial charge in [-0.3, -0.25) is 9.69 Å². The minimum atomic E-state index is -0.684. The molecule has 0 aromatic carbocycles. The topological polar surface area (TPSA) is 49.8 Å². The minimum absolute atomic E-state index is 0.160. The van der Waals surface area contributed by atoms with Crippen LogP contribution in [0.1, 0.15) is 33.1 Å². The summed E-state index contributed by atoms with van der Waals surface area (Å²) >= 11 is 0. The van der Waals surface area contributed by atoms with Gasteiger partial charge in [-0.2, -0.15) is 0 Å². The van der Waals surface area contributed by atoms with Gasteiger partial charge in [0.2, 0.25) is 0 Å². The van der Waals surface area contributed by atoms with Crippen LogP contribution in [-0.4, -0.2) is 48.3 Å². The summed E-state index contributed by atoms with van der Waals surface area (Å²) in [5, 5.41) is 9.20. The molecular weight excluding hydrogens is 242 g/mol. The molecule has 0 saturated carbocycles. The SMILES string of the molecule is CC1=CC(C)CC(C(CC(=O)O)N2CCOCC2)C1. The van der Waals surface area contributed by atoms with Crippen LogP contribution in [0.3, 0.4) is 0 Å². The summed E-state index contributed by atoms with van der Waals surface area (Å²) in [6.07, 6.45) is 4.73. The third-order valence-corrected chi connectivity index (χ3v) is 4.27. The van der Waals surface area contributed by atoms with E-state index in [-0.39, 0.29) is 12.5 Å². The molecule has 3 unspecified atom stereocenters. The molecule has 108 valence electrons. The van der Waals surface area contributed by atoms with E-state index < -0.39 is 5.97 Å². The molecule has 1 saturated heterocycles. The highest BCUT2D eigenvalue weighted by Gasteiger charge is 2.32. The maximum absolute atomic E-state index is 11.2. The van der Waals surface area contributed by atoms with E-state index in [1.807, 2.05) is 0 Å². The van der Waals surface area contributed by atoms with Crippen LogP contribution in [0.4, 0.5) is 0 Å². The van der Waals surface area contributed by atoms with Crippen molar-refractivity contribution in [2.45, 2.75) is 39.2 Å². The smallest absolute Gasteiger partial charge is 0.304 e. The van der Waals surface area contributed by atoms with E-state index >= 15 is 0 Å². The van der Waals surface area contributed by atoms with Crippen LogP contribution in [-0.2, 0) is 9.53 Å². The second-order valence-corrected chi connectivity index (χ2v) is 6.00. The molecule has 0 aromatic heterocycles. The zero-order valence-electron chi connectivity index (χ0n) is 12.0. The third kappa shape index (κ3) is 4.05. The summed E-state index contributed by atoms with van der Waals surface area (Å²) in [6, 6.07) is 0.160. The predicted octanol–water partition coefficient (Wildman–Crippen LogP) is 2.15.